The van der Waals surface area contributed by atoms with Crippen LogP contribution in [0, 0.1) is 0 Å². The highest BCUT2D eigenvalue weighted by Crippen LogP contribution is 2.19. The fourth-order valence-electron chi connectivity index (χ4n) is 1.76. The Hall–Kier alpha value is -0.950. The Balaban J connectivity index is 2.54. The summed E-state index contributed by atoms with van der Waals surface area (Å²) in [5.74, 6) is 0.646. The number of carboxylic acid groups (broad SMARTS) is 1. The second kappa shape index (κ2) is 7.00. The van der Waals surface area contributed by atoms with Crippen molar-refractivity contribution in [3.05, 3.63) is 0 Å². The molecule has 1 aliphatic rings. The molecule has 19 heavy (non-hydrogen) atoms. The lowest BCUT2D eigenvalue weighted by molar-refractivity contribution is -0.138. The van der Waals surface area contributed by atoms with Gasteiger partial charge in [0.15, 0.2) is 0 Å². The average molecular weight is 290 g/mol. The molecule has 0 aromatic rings. The molecule has 0 aliphatic carbocycles. The maximum atomic E-state index is 12.1. The standard InChI is InChI=1S/C12H22N2O4S/c1-12(2,18-3)8-13-11(17)14-4-5-19-7-9(14)6-10(15)16/h9H,4-8H2,1-3H3,(H,13,17)(H,15,16). The molecule has 0 spiro atoms. The number of methoxy groups -OCH3 is 1. The zero-order valence-corrected chi connectivity index (χ0v) is 12.5. The van der Waals surface area contributed by atoms with Gasteiger partial charge in [-0.3, -0.25) is 4.79 Å². The number of carboxylic acids is 1. The number of amides is 2. The van der Waals surface area contributed by atoms with Crippen LogP contribution >= 0.6 is 11.8 Å². The second-order valence-electron chi connectivity index (χ2n) is 5.14. The van der Waals surface area contributed by atoms with Crippen molar-refractivity contribution in [3.63, 3.8) is 0 Å². The summed E-state index contributed by atoms with van der Waals surface area (Å²) in [6, 6.07) is -0.446. The molecule has 0 radical (unpaired) electrons. The lowest BCUT2D eigenvalue weighted by atomic mass is 10.1. The van der Waals surface area contributed by atoms with Crippen LogP contribution in [0.3, 0.4) is 0 Å². The molecule has 1 fully saturated rings. The first-order valence-electron chi connectivity index (χ1n) is 6.25. The third-order valence-corrected chi connectivity index (χ3v) is 4.21. The smallest absolute Gasteiger partial charge is 0.317 e. The highest BCUT2D eigenvalue weighted by molar-refractivity contribution is 7.99. The van der Waals surface area contributed by atoms with Crippen molar-refractivity contribution >= 4 is 23.8 Å². The summed E-state index contributed by atoms with van der Waals surface area (Å²) in [6.45, 7) is 4.75. The van der Waals surface area contributed by atoms with Crippen molar-refractivity contribution < 1.29 is 19.4 Å². The molecule has 1 unspecified atom stereocenters. The number of aliphatic carboxylic acids is 1. The summed E-state index contributed by atoms with van der Waals surface area (Å²) in [4.78, 5) is 24.5. The van der Waals surface area contributed by atoms with Gasteiger partial charge in [0.25, 0.3) is 0 Å². The monoisotopic (exact) mass is 290 g/mol. The van der Waals surface area contributed by atoms with Gasteiger partial charge in [-0.1, -0.05) is 0 Å². The molecule has 6 nitrogen and oxygen atoms in total. The van der Waals surface area contributed by atoms with Gasteiger partial charge < -0.3 is 20.1 Å². The van der Waals surface area contributed by atoms with Gasteiger partial charge >= 0.3 is 12.0 Å². The van der Waals surface area contributed by atoms with E-state index in [1.165, 1.54) is 0 Å². The minimum Gasteiger partial charge on any atom is -0.481 e. The van der Waals surface area contributed by atoms with E-state index in [1.807, 2.05) is 13.8 Å². The van der Waals surface area contributed by atoms with Crippen LogP contribution in [0.2, 0.25) is 0 Å². The van der Waals surface area contributed by atoms with E-state index in [2.05, 4.69) is 5.32 Å². The summed E-state index contributed by atoms with van der Waals surface area (Å²) in [7, 11) is 1.59. The molecular weight excluding hydrogens is 268 g/mol. The minimum absolute atomic E-state index is 0.00586. The van der Waals surface area contributed by atoms with E-state index in [0.29, 0.717) is 18.8 Å². The maximum absolute atomic E-state index is 12.1. The molecule has 1 rings (SSSR count). The highest BCUT2D eigenvalue weighted by atomic mass is 32.2. The molecule has 1 aliphatic heterocycles. The normalized spacial score (nSPS) is 20.2. The number of urea groups is 1. The number of hydrogen-bond acceptors (Lipinski definition) is 4. The van der Waals surface area contributed by atoms with Crippen LogP contribution in [-0.2, 0) is 9.53 Å². The Morgan fingerprint density at radius 3 is 2.79 bits per heavy atom. The topological polar surface area (TPSA) is 78.9 Å². The number of hydrogen-bond donors (Lipinski definition) is 2. The van der Waals surface area contributed by atoms with Crippen molar-refractivity contribution in [3.8, 4) is 0 Å². The predicted octanol–water partition coefficient (Wildman–Crippen LogP) is 1.01. The summed E-state index contributed by atoms with van der Waals surface area (Å²) in [6.07, 6.45) is -0.00586. The molecule has 1 saturated heterocycles. The van der Waals surface area contributed by atoms with E-state index in [1.54, 1.807) is 23.8 Å². The number of rotatable bonds is 5. The Labute approximate surface area is 117 Å². The van der Waals surface area contributed by atoms with Crippen LogP contribution in [0.5, 0.6) is 0 Å². The van der Waals surface area contributed by atoms with Gasteiger partial charge in [0, 0.05) is 31.7 Å². The average Bonchev–Trinajstić information content (AvgIpc) is 2.36. The number of carbonyl (C=O) groups excluding carboxylic acids is 1. The van der Waals surface area contributed by atoms with Gasteiger partial charge in [-0.15, -0.1) is 0 Å². The van der Waals surface area contributed by atoms with E-state index < -0.39 is 11.6 Å². The third-order valence-electron chi connectivity index (χ3n) is 3.12. The largest absolute Gasteiger partial charge is 0.481 e. The van der Waals surface area contributed by atoms with E-state index in [0.717, 1.165) is 5.75 Å². The highest BCUT2D eigenvalue weighted by Gasteiger charge is 2.29. The Bertz CT molecular complexity index is 336. The van der Waals surface area contributed by atoms with Crippen LogP contribution in [0.25, 0.3) is 0 Å². The van der Waals surface area contributed by atoms with Gasteiger partial charge in [0.05, 0.1) is 18.1 Å². The van der Waals surface area contributed by atoms with Gasteiger partial charge in [-0.05, 0) is 13.8 Å². The number of thioether (sulfide) groups is 1. The maximum Gasteiger partial charge on any atom is 0.317 e. The summed E-state index contributed by atoms with van der Waals surface area (Å²) in [5.41, 5.74) is -0.428. The quantitative estimate of drug-likeness (QED) is 0.790. The predicted molar refractivity (Wildman–Crippen MR) is 74.6 cm³/mol. The molecular formula is C12H22N2O4S. The lowest BCUT2D eigenvalue weighted by Gasteiger charge is -2.35. The van der Waals surface area contributed by atoms with Gasteiger partial charge in [-0.25, -0.2) is 4.79 Å². The van der Waals surface area contributed by atoms with Crippen molar-refractivity contribution in [1.82, 2.24) is 10.2 Å². The molecule has 0 aromatic heterocycles. The molecule has 110 valence electrons. The van der Waals surface area contributed by atoms with E-state index in [9.17, 15) is 9.59 Å². The van der Waals surface area contributed by atoms with Gasteiger partial charge in [0.1, 0.15) is 0 Å². The molecule has 0 saturated carbocycles. The third kappa shape index (κ3) is 5.28. The first-order valence-corrected chi connectivity index (χ1v) is 7.40. The van der Waals surface area contributed by atoms with Crippen LogP contribution in [0.1, 0.15) is 20.3 Å². The van der Waals surface area contributed by atoms with Crippen molar-refractivity contribution in [2.75, 3.05) is 31.7 Å². The summed E-state index contributed by atoms with van der Waals surface area (Å²) in [5, 5.41) is 11.7. The van der Waals surface area contributed by atoms with Crippen LogP contribution in [0.15, 0.2) is 0 Å². The van der Waals surface area contributed by atoms with Crippen molar-refractivity contribution in [2.45, 2.75) is 31.9 Å². The van der Waals surface area contributed by atoms with Gasteiger partial charge in [-0.2, -0.15) is 11.8 Å². The second-order valence-corrected chi connectivity index (χ2v) is 6.29. The first kappa shape index (κ1) is 16.1. The SMILES string of the molecule is COC(C)(C)CNC(=O)N1CCSCC1CC(=O)O. The fourth-order valence-corrected chi connectivity index (χ4v) is 2.82. The molecule has 7 heteroatoms. The van der Waals surface area contributed by atoms with Crippen molar-refractivity contribution in [2.24, 2.45) is 0 Å². The summed E-state index contributed by atoms with van der Waals surface area (Å²) >= 11 is 1.68. The molecule has 0 aromatic carbocycles. The lowest BCUT2D eigenvalue weighted by Crippen LogP contribution is -2.53. The summed E-state index contributed by atoms with van der Waals surface area (Å²) < 4.78 is 5.24. The molecule has 1 heterocycles. The first-order chi connectivity index (χ1) is 8.85. The molecule has 0 bridgehead atoms. The van der Waals surface area contributed by atoms with Crippen LogP contribution in [-0.4, -0.2) is 65.4 Å². The van der Waals surface area contributed by atoms with E-state index >= 15 is 0 Å². The van der Waals surface area contributed by atoms with E-state index in [-0.39, 0.29) is 18.5 Å². The van der Waals surface area contributed by atoms with Crippen LogP contribution in [0.4, 0.5) is 4.79 Å². The van der Waals surface area contributed by atoms with Gasteiger partial charge in [0.2, 0.25) is 0 Å². The number of ether oxygens (including phenoxy) is 1. The van der Waals surface area contributed by atoms with E-state index in [4.69, 9.17) is 9.84 Å². The molecule has 2 N–H and O–H groups in total. The number of nitrogens with zero attached hydrogens (tertiary/aromatic N) is 1. The number of carbonyl (C=O) groups is 2. The molecule has 1 atom stereocenters. The van der Waals surface area contributed by atoms with Crippen LogP contribution < -0.4 is 5.32 Å². The Morgan fingerprint density at radius 1 is 1.53 bits per heavy atom. The fraction of sp³-hybridized carbons (Fsp3) is 0.833. The zero-order chi connectivity index (χ0) is 14.5. The van der Waals surface area contributed by atoms with Crippen molar-refractivity contribution in [1.29, 1.82) is 0 Å². The minimum atomic E-state index is -0.873. The zero-order valence-electron chi connectivity index (χ0n) is 11.6. The Morgan fingerprint density at radius 2 is 2.21 bits per heavy atom. The number of nitrogens with one attached hydrogen (secondary N) is 1. The Kier molecular flexibility index (Phi) is 5.93. The molecule has 2 amide bonds.